The number of oxazole rings is 1. The summed E-state index contributed by atoms with van der Waals surface area (Å²) < 4.78 is 5.86. The molecule has 3 nitrogen and oxygen atoms in total. The summed E-state index contributed by atoms with van der Waals surface area (Å²) in [6.07, 6.45) is 0.982. The Morgan fingerprint density at radius 1 is 1.33 bits per heavy atom. The number of hydrogen-bond donors (Lipinski definition) is 1. The van der Waals surface area contributed by atoms with Crippen molar-refractivity contribution < 1.29 is 4.42 Å². The number of benzene rings is 1. The van der Waals surface area contributed by atoms with Crippen molar-refractivity contribution in [3.05, 3.63) is 29.7 Å². The zero-order chi connectivity index (χ0) is 13.3. The van der Waals surface area contributed by atoms with Crippen LogP contribution in [0.25, 0.3) is 11.1 Å². The van der Waals surface area contributed by atoms with Crippen LogP contribution in [0.5, 0.6) is 0 Å². The van der Waals surface area contributed by atoms with Gasteiger partial charge in [-0.15, -0.1) is 0 Å². The van der Waals surface area contributed by atoms with Crippen LogP contribution in [0.4, 0.5) is 0 Å². The summed E-state index contributed by atoms with van der Waals surface area (Å²) in [7, 11) is 0. The molecule has 0 amide bonds. The van der Waals surface area contributed by atoms with Crippen LogP contribution in [0.3, 0.4) is 0 Å². The van der Waals surface area contributed by atoms with Gasteiger partial charge in [0.15, 0.2) is 11.5 Å². The molecule has 0 saturated heterocycles. The van der Waals surface area contributed by atoms with Gasteiger partial charge in [0, 0.05) is 12.5 Å². The first-order valence-corrected chi connectivity index (χ1v) is 6.47. The predicted molar refractivity (Wildman–Crippen MR) is 74.6 cm³/mol. The third kappa shape index (κ3) is 2.72. The van der Waals surface area contributed by atoms with E-state index >= 15 is 0 Å². The maximum atomic E-state index is 5.87. The lowest BCUT2D eigenvalue weighted by Gasteiger charge is -2.22. The average Bonchev–Trinajstić information content (AvgIpc) is 2.70. The lowest BCUT2D eigenvalue weighted by Crippen LogP contribution is -2.19. The van der Waals surface area contributed by atoms with Gasteiger partial charge >= 0.3 is 0 Å². The standard InChI is InChI=1S/C15H22N2O/c1-10-6-5-7-12-13(10)17-14(18-12)11(9-16)8-15(2,3)4/h5-7,11H,8-9,16H2,1-4H3. The van der Waals surface area contributed by atoms with Crippen LogP contribution >= 0.6 is 0 Å². The Balaban J connectivity index is 2.37. The minimum atomic E-state index is 0.191. The molecule has 0 radical (unpaired) electrons. The van der Waals surface area contributed by atoms with Gasteiger partial charge in [0.2, 0.25) is 0 Å². The van der Waals surface area contributed by atoms with Crippen molar-refractivity contribution in [2.75, 3.05) is 6.54 Å². The van der Waals surface area contributed by atoms with Crippen molar-refractivity contribution in [1.82, 2.24) is 4.98 Å². The maximum Gasteiger partial charge on any atom is 0.199 e. The Morgan fingerprint density at radius 2 is 2.06 bits per heavy atom. The Bertz CT molecular complexity index is 537. The Hall–Kier alpha value is -1.35. The molecule has 0 spiro atoms. The van der Waals surface area contributed by atoms with Crippen LogP contribution in [-0.2, 0) is 0 Å². The molecule has 18 heavy (non-hydrogen) atoms. The Kier molecular flexibility index (Phi) is 3.44. The normalized spacial score (nSPS) is 14.1. The molecule has 0 fully saturated rings. The summed E-state index contributed by atoms with van der Waals surface area (Å²) in [4.78, 5) is 4.62. The lowest BCUT2D eigenvalue weighted by atomic mass is 9.84. The number of nitrogens with zero attached hydrogens (tertiary/aromatic N) is 1. The first kappa shape index (κ1) is 13.1. The van der Waals surface area contributed by atoms with Crippen LogP contribution in [-0.4, -0.2) is 11.5 Å². The quantitative estimate of drug-likeness (QED) is 0.900. The summed E-state index contributed by atoms with van der Waals surface area (Å²) in [5.41, 5.74) is 9.06. The van der Waals surface area contributed by atoms with Gasteiger partial charge in [-0.2, -0.15) is 0 Å². The third-order valence-corrected chi connectivity index (χ3v) is 3.13. The van der Waals surface area contributed by atoms with E-state index in [1.54, 1.807) is 0 Å². The average molecular weight is 246 g/mol. The summed E-state index contributed by atoms with van der Waals surface area (Å²) in [6, 6.07) is 6.01. The van der Waals surface area contributed by atoms with E-state index < -0.39 is 0 Å². The molecular weight excluding hydrogens is 224 g/mol. The summed E-state index contributed by atoms with van der Waals surface area (Å²) >= 11 is 0. The lowest BCUT2D eigenvalue weighted by molar-refractivity contribution is 0.314. The van der Waals surface area contributed by atoms with Gasteiger partial charge in [0.25, 0.3) is 0 Å². The van der Waals surface area contributed by atoms with E-state index in [0.29, 0.717) is 6.54 Å². The fourth-order valence-electron chi connectivity index (χ4n) is 2.29. The van der Waals surface area contributed by atoms with Gasteiger partial charge < -0.3 is 10.2 Å². The van der Waals surface area contributed by atoms with E-state index in [2.05, 4.69) is 38.7 Å². The number of aromatic nitrogens is 1. The first-order chi connectivity index (χ1) is 8.40. The smallest absolute Gasteiger partial charge is 0.199 e. The molecule has 1 heterocycles. The minimum Gasteiger partial charge on any atom is -0.440 e. The number of rotatable bonds is 3. The zero-order valence-corrected chi connectivity index (χ0v) is 11.7. The van der Waals surface area contributed by atoms with Gasteiger partial charge in [0.05, 0.1) is 0 Å². The SMILES string of the molecule is Cc1cccc2oc(C(CN)CC(C)(C)C)nc12. The monoisotopic (exact) mass is 246 g/mol. The van der Waals surface area contributed by atoms with Gasteiger partial charge in [-0.25, -0.2) is 4.98 Å². The second kappa shape index (κ2) is 4.73. The summed E-state index contributed by atoms with van der Waals surface area (Å²) in [5, 5.41) is 0. The number of para-hydroxylation sites is 1. The van der Waals surface area contributed by atoms with Gasteiger partial charge in [0.1, 0.15) is 5.52 Å². The fourth-order valence-corrected chi connectivity index (χ4v) is 2.29. The van der Waals surface area contributed by atoms with E-state index in [-0.39, 0.29) is 11.3 Å². The highest BCUT2D eigenvalue weighted by atomic mass is 16.3. The highest BCUT2D eigenvalue weighted by molar-refractivity contribution is 5.76. The van der Waals surface area contributed by atoms with Crippen LogP contribution in [0.15, 0.2) is 22.6 Å². The van der Waals surface area contributed by atoms with Crippen molar-refractivity contribution in [1.29, 1.82) is 0 Å². The molecule has 0 aliphatic carbocycles. The van der Waals surface area contributed by atoms with Crippen molar-refractivity contribution in [2.45, 2.75) is 40.0 Å². The molecular formula is C15H22N2O. The van der Waals surface area contributed by atoms with Crippen molar-refractivity contribution in [2.24, 2.45) is 11.1 Å². The highest BCUT2D eigenvalue weighted by Gasteiger charge is 2.23. The molecule has 1 aromatic carbocycles. The Labute approximate surface area is 108 Å². The maximum absolute atomic E-state index is 5.87. The number of hydrogen-bond acceptors (Lipinski definition) is 3. The molecule has 2 aromatic rings. The largest absolute Gasteiger partial charge is 0.440 e. The van der Waals surface area contributed by atoms with Crippen LogP contribution < -0.4 is 5.73 Å². The third-order valence-electron chi connectivity index (χ3n) is 3.13. The topological polar surface area (TPSA) is 52.0 Å². The van der Waals surface area contributed by atoms with Crippen molar-refractivity contribution in [3.8, 4) is 0 Å². The zero-order valence-electron chi connectivity index (χ0n) is 11.7. The number of fused-ring (bicyclic) bond motifs is 1. The van der Waals surface area contributed by atoms with Gasteiger partial charge in [-0.3, -0.25) is 0 Å². The fraction of sp³-hybridized carbons (Fsp3) is 0.533. The molecule has 0 saturated carbocycles. The molecule has 1 aromatic heterocycles. The second-order valence-corrected chi connectivity index (χ2v) is 6.17. The van der Waals surface area contributed by atoms with E-state index in [1.807, 2.05) is 12.1 Å². The van der Waals surface area contributed by atoms with Crippen molar-refractivity contribution in [3.63, 3.8) is 0 Å². The minimum absolute atomic E-state index is 0.191. The van der Waals surface area contributed by atoms with E-state index in [0.717, 1.165) is 29.0 Å². The molecule has 0 bridgehead atoms. The molecule has 3 heteroatoms. The first-order valence-electron chi connectivity index (χ1n) is 6.47. The van der Waals surface area contributed by atoms with E-state index in [4.69, 9.17) is 10.2 Å². The van der Waals surface area contributed by atoms with Crippen LogP contribution in [0.2, 0.25) is 0 Å². The van der Waals surface area contributed by atoms with Crippen molar-refractivity contribution >= 4 is 11.1 Å². The second-order valence-electron chi connectivity index (χ2n) is 6.17. The van der Waals surface area contributed by atoms with Crippen LogP contribution in [0.1, 0.15) is 44.6 Å². The number of aryl methyl sites for hydroxylation is 1. The molecule has 2 rings (SSSR count). The Morgan fingerprint density at radius 3 is 2.61 bits per heavy atom. The molecule has 1 unspecified atom stereocenters. The molecule has 98 valence electrons. The summed E-state index contributed by atoms with van der Waals surface area (Å²) in [6.45, 7) is 9.26. The van der Waals surface area contributed by atoms with E-state index in [9.17, 15) is 0 Å². The molecule has 1 atom stereocenters. The molecule has 0 aliphatic heterocycles. The molecule has 0 aliphatic rings. The van der Waals surface area contributed by atoms with Crippen LogP contribution in [0, 0.1) is 12.3 Å². The van der Waals surface area contributed by atoms with Gasteiger partial charge in [-0.1, -0.05) is 32.9 Å². The number of nitrogens with two attached hydrogens (primary N) is 1. The molecule has 2 N–H and O–H groups in total. The summed E-state index contributed by atoms with van der Waals surface area (Å²) in [5.74, 6) is 0.966. The highest BCUT2D eigenvalue weighted by Crippen LogP contribution is 2.32. The van der Waals surface area contributed by atoms with E-state index in [1.165, 1.54) is 0 Å². The van der Waals surface area contributed by atoms with Gasteiger partial charge in [-0.05, 0) is 30.4 Å². The predicted octanol–water partition coefficient (Wildman–Crippen LogP) is 3.61.